The number of carbonyl (C=O) groups excluding carboxylic acids is 1. The maximum absolute atomic E-state index is 12.2. The number of rotatable bonds is 2. The first-order chi connectivity index (χ1) is 8.47. The van der Waals surface area contributed by atoms with E-state index in [9.17, 15) is 9.59 Å². The lowest BCUT2D eigenvalue weighted by molar-refractivity contribution is -0.160. The van der Waals surface area contributed by atoms with Gasteiger partial charge < -0.3 is 19.5 Å². The molecule has 2 rings (SSSR count). The topological polar surface area (TPSA) is 76.1 Å². The molecule has 2 aliphatic rings. The van der Waals surface area contributed by atoms with Crippen molar-refractivity contribution in [3.63, 3.8) is 0 Å². The highest BCUT2D eigenvalue weighted by Crippen LogP contribution is 2.23. The van der Waals surface area contributed by atoms with E-state index in [-0.39, 0.29) is 18.1 Å². The summed E-state index contributed by atoms with van der Waals surface area (Å²) in [5.74, 6) is -1.10. The van der Waals surface area contributed by atoms with Crippen molar-refractivity contribution in [2.24, 2.45) is 0 Å². The van der Waals surface area contributed by atoms with Gasteiger partial charge in [-0.25, -0.2) is 4.79 Å². The van der Waals surface area contributed by atoms with Crippen LogP contribution < -0.4 is 0 Å². The van der Waals surface area contributed by atoms with E-state index in [1.165, 1.54) is 0 Å². The third-order valence-corrected chi connectivity index (χ3v) is 3.30. The van der Waals surface area contributed by atoms with Crippen molar-refractivity contribution >= 4 is 11.9 Å². The van der Waals surface area contributed by atoms with Crippen molar-refractivity contribution in [2.45, 2.75) is 51.1 Å². The zero-order chi connectivity index (χ0) is 13.3. The molecule has 0 aromatic rings. The number of aliphatic carboxylic acids is 1. The maximum Gasteiger partial charge on any atom is 0.332 e. The lowest BCUT2D eigenvalue weighted by Gasteiger charge is -2.36. The van der Waals surface area contributed by atoms with Crippen LogP contribution in [0, 0.1) is 0 Å². The Hall–Kier alpha value is -1.14. The summed E-state index contributed by atoms with van der Waals surface area (Å²) in [4.78, 5) is 24.7. The molecular weight excluding hydrogens is 238 g/mol. The number of carboxylic acids is 1. The van der Waals surface area contributed by atoms with Crippen molar-refractivity contribution in [3.8, 4) is 0 Å². The highest BCUT2D eigenvalue weighted by molar-refractivity contribution is 5.82. The maximum atomic E-state index is 12.2. The van der Waals surface area contributed by atoms with Gasteiger partial charge in [-0.3, -0.25) is 4.79 Å². The minimum Gasteiger partial charge on any atom is -0.479 e. The van der Waals surface area contributed by atoms with Crippen LogP contribution in [0.2, 0.25) is 0 Å². The molecule has 2 saturated heterocycles. The molecular formula is C12H19NO5. The van der Waals surface area contributed by atoms with Crippen LogP contribution in [0.3, 0.4) is 0 Å². The van der Waals surface area contributed by atoms with Gasteiger partial charge in [-0.1, -0.05) is 0 Å². The lowest BCUT2D eigenvalue weighted by Crippen LogP contribution is -2.51. The monoisotopic (exact) mass is 257 g/mol. The summed E-state index contributed by atoms with van der Waals surface area (Å²) >= 11 is 0. The fourth-order valence-electron chi connectivity index (χ4n) is 2.56. The van der Waals surface area contributed by atoms with Crippen molar-refractivity contribution in [1.29, 1.82) is 0 Å². The largest absolute Gasteiger partial charge is 0.479 e. The fraction of sp³-hybridized carbons (Fsp3) is 0.833. The van der Waals surface area contributed by atoms with Gasteiger partial charge in [0.25, 0.3) is 5.91 Å². The lowest BCUT2D eigenvalue weighted by atomic mass is 10.1. The summed E-state index contributed by atoms with van der Waals surface area (Å²) in [7, 11) is 0. The summed E-state index contributed by atoms with van der Waals surface area (Å²) in [5.41, 5.74) is 0. The Labute approximate surface area is 106 Å². The van der Waals surface area contributed by atoms with Gasteiger partial charge in [0.15, 0.2) is 6.10 Å². The second kappa shape index (κ2) is 5.24. The van der Waals surface area contributed by atoms with Crippen LogP contribution in [0.15, 0.2) is 0 Å². The third-order valence-electron chi connectivity index (χ3n) is 3.30. The normalized spacial score (nSPS) is 36.7. The van der Waals surface area contributed by atoms with Gasteiger partial charge in [-0.2, -0.15) is 0 Å². The zero-order valence-corrected chi connectivity index (χ0v) is 10.7. The fourth-order valence-corrected chi connectivity index (χ4v) is 2.56. The summed E-state index contributed by atoms with van der Waals surface area (Å²) < 4.78 is 10.8. The highest BCUT2D eigenvalue weighted by Gasteiger charge is 2.38. The van der Waals surface area contributed by atoms with Crippen molar-refractivity contribution < 1.29 is 24.2 Å². The number of nitrogens with zero attached hydrogens (tertiary/aromatic N) is 1. The Balaban J connectivity index is 1.93. The van der Waals surface area contributed by atoms with Crippen LogP contribution in [0.5, 0.6) is 0 Å². The van der Waals surface area contributed by atoms with E-state index in [4.69, 9.17) is 14.6 Å². The molecule has 0 aromatic heterocycles. The number of hydrogen-bond donors (Lipinski definition) is 1. The zero-order valence-electron chi connectivity index (χ0n) is 10.7. The first-order valence-corrected chi connectivity index (χ1v) is 6.30. The van der Waals surface area contributed by atoms with E-state index in [2.05, 4.69) is 0 Å². The third kappa shape index (κ3) is 2.81. The average Bonchev–Trinajstić information content (AvgIpc) is 2.75. The van der Waals surface area contributed by atoms with Gasteiger partial charge >= 0.3 is 5.97 Å². The van der Waals surface area contributed by atoms with Gasteiger partial charge in [0.05, 0.1) is 12.2 Å². The molecule has 6 nitrogen and oxygen atoms in total. The number of hydrogen-bond acceptors (Lipinski definition) is 4. The molecule has 0 aliphatic carbocycles. The molecule has 1 N–H and O–H groups in total. The molecule has 2 fully saturated rings. The van der Waals surface area contributed by atoms with E-state index < -0.39 is 18.2 Å². The number of carbonyl (C=O) groups is 2. The first kappa shape index (κ1) is 13.3. The molecule has 0 bridgehead atoms. The predicted molar refractivity (Wildman–Crippen MR) is 62.1 cm³/mol. The van der Waals surface area contributed by atoms with E-state index in [0.29, 0.717) is 25.9 Å². The van der Waals surface area contributed by atoms with Crippen LogP contribution in [-0.2, 0) is 19.1 Å². The minimum atomic E-state index is -0.992. The Kier molecular flexibility index (Phi) is 3.87. The van der Waals surface area contributed by atoms with Gasteiger partial charge in [0.2, 0.25) is 0 Å². The minimum absolute atomic E-state index is 0.00868. The second-order valence-electron chi connectivity index (χ2n) is 5.03. The summed E-state index contributed by atoms with van der Waals surface area (Å²) in [6.45, 7) is 4.93. The Morgan fingerprint density at radius 1 is 1.06 bits per heavy atom. The molecule has 2 heterocycles. The van der Waals surface area contributed by atoms with Gasteiger partial charge in [0.1, 0.15) is 6.10 Å². The molecule has 6 heteroatoms. The average molecular weight is 257 g/mol. The Morgan fingerprint density at radius 3 is 2.11 bits per heavy atom. The standard InChI is InChI=1S/C12H19NO5/c1-7-5-13(6-8(2)17-7)11(14)9-3-4-10(18-9)12(15)16/h7-10H,3-6H2,1-2H3,(H,15,16)/t7?,8?,9-,10+/m0/s1. The van der Waals surface area contributed by atoms with Gasteiger partial charge in [0, 0.05) is 13.1 Å². The van der Waals surface area contributed by atoms with Crippen molar-refractivity contribution in [1.82, 2.24) is 4.90 Å². The number of carboxylic acid groups (broad SMARTS) is 1. The summed E-state index contributed by atoms with van der Waals surface area (Å²) in [6, 6.07) is 0. The van der Waals surface area contributed by atoms with Crippen LogP contribution in [0.4, 0.5) is 0 Å². The Bertz CT molecular complexity index is 335. The second-order valence-corrected chi connectivity index (χ2v) is 5.03. The molecule has 4 atom stereocenters. The molecule has 0 radical (unpaired) electrons. The van der Waals surface area contributed by atoms with Crippen LogP contribution in [0.1, 0.15) is 26.7 Å². The molecule has 2 aliphatic heterocycles. The highest BCUT2D eigenvalue weighted by atomic mass is 16.5. The number of ether oxygens (including phenoxy) is 2. The van der Waals surface area contributed by atoms with E-state index in [1.807, 2.05) is 13.8 Å². The number of amides is 1. The van der Waals surface area contributed by atoms with Gasteiger partial charge in [-0.05, 0) is 26.7 Å². The van der Waals surface area contributed by atoms with E-state index >= 15 is 0 Å². The molecule has 2 unspecified atom stereocenters. The van der Waals surface area contributed by atoms with E-state index in [1.54, 1.807) is 4.90 Å². The predicted octanol–water partition coefficient (Wildman–Crippen LogP) is 0.254. The van der Waals surface area contributed by atoms with Crippen molar-refractivity contribution in [2.75, 3.05) is 13.1 Å². The van der Waals surface area contributed by atoms with E-state index in [0.717, 1.165) is 0 Å². The molecule has 0 saturated carbocycles. The molecule has 1 amide bonds. The summed E-state index contributed by atoms with van der Waals surface area (Å²) in [6.07, 6.45) is -0.543. The smallest absolute Gasteiger partial charge is 0.332 e. The van der Waals surface area contributed by atoms with Crippen LogP contribution in [-0.4, -0.2) is 59.4 Å². The van der Waals surface area contributed by atoms with Crippen molar-refractivity contribution in [3.05, 3.63) is 0 Å². The number of morpholine rings is 1. The van der Waals surface area contributed by atoms with Gasteiger partial charge in [-0.15, -0.1) is 0 Å². The molecule has 0 aromatic carbocycles. The molecule has 18 heavy (non-hydrogen) atoms. The van der Waals surface area contributed by atoms with Crippen LogP contribution in [0.25, 0.3) is 0 Å². The molecule has 0 spiro atoms. The first-order valence-electron chi connectivity index (χ1n) is 6.30. The van der Waals surface area contributed by atoms with Crippen LogP contribution >= 0.6 is 0 Å². The SMILES string of the molecule is CC1CN(C(=O)[C@@H]2CC[C@H](C(=O)O)O2)CC(C)O1. The molecule has 102 valence electrons. The Morgan fingerprint density at radius 2 is 1.61 bits per heavy atom. The summed E-state index contributed by atoms with van der Waals surface area (Å²) in [5, 5.41) is 8.84. The quantitative estimate of drug-likeness (QED) is 0.767.